The molecule has 1 heterocycles. The van der Waals surface area contributed by atoms with Crippen LogP contribution in [0.1, 0.15) is 64.4 Å². The Balaban J connectivity index is 1.36. The van der Waals surface area contributed by atoms with E-state index in [-0.39, 0.29) is 12.7 Å². The quantitative estimate of drug-likeness (QED) is 0.695. The van der Waals surface area contributed by atoms with Crippen LogP contribution in [0.4, 0.5) is 0 Å². The molecule has 1 aliphatic heterocycles. The Morgan fingerprint density at radius 3 is 2.57 bits per heavy atom. The SMILES string of the molecule is CCC1=CC=C(C2=CC(NC(=O)C3(c4ccc5c(c4)OCO5)CC3)=C(C)CC2)CC1. The number of benzene rings is 1. The predicted octanol–water partition coefficient (Wildman–Crippen LogP) is 5.61. The standard InChI is InChI=1S/C26H29NO3/c1-3-18-5-8-19(9-6-18)20-7-4-17(2)22(14-20)27-25(28)26(12-13-26)21-10-11-23-24(15-21)30-16-29-23/h5,8,10-11,14-15H,3-4,6-7,9,12-13,16H2,1-2H3,(H,27,28). The summed E-state index contributed by atoms with van der Waals surface area (Å²) in [5, 5.41) is 3.28. The van der Waals surface area contributed by atoms with Crippen molar-refractivity contribution < 1.29 is 14.3 Å². The Morgan fingerprint density at radius 1 is 1.03 bits per heavy atom. The number of allylic oxidation sites excluding steroid dienone is 7. The molecule has 0 saturated heterocycles. The highest BCUT2D eigenvalue weighted by molar-refractivity contribution is 5.93. The smallest absolute Gasteiger partial charge is 0.235 e. The fourth-order valence-electron chi connectivity index (χ4n) is 4.67. The molecule has 0 radical (unpaired) electrons. The molecule has 4 heteroatoms. The second-order valence-corrected chi connectivity index (χ2v) is 8.84. The lowest BCUT2D eigenvalue weighted by atomic mass is 9.86. The van der Waals surface area contributed by atoms with E-state index < -0.39 is 5.41 Å². The maximum atomic E-state index is 13.3. The molecule has 0 aromatic heterocycles. The van der Waals surface area contributed by atoms with Crippen LogP contribution in [0.2, 0.25) is 0 Å². The zero-order chi connectivity index (χ0) is 20.7. The minimum Gasteiger partial charge on any atom is -0.454 e. The van der Waals surface area contributed by atoms with E-state index in [9.17, 15) is 4.79 Å². The number of ether oxygens (including phenoxy) is 2. The average Bonchev–Trinajstić information content (AvgIpc) is 3.46. The molecule has 1 amide bonds. The summed E-state index contributed by atoms with van der Waals surface area (Å²) < 4.78 is 10.9. The van der Waals surface area contributed by atoms with Crippen molar-refractivity contribution in [1.82, 2.24) is 5.32 Å². The van der Waals surface area contributed by atoms with E-state index in [0.717, 1.165) is 67.7 Å². The molecule has 4 nitrogen and oxygen atoms in total. The molecule has 1 aromatic rings. The van der Waals surface area contributed by atoms with Gasteiger partial charge >= 0.3 is 0 Å². The Labute approximate surface area is 178 Å². The number of nitrogens with one attached hydrogen (secondary N) is 1. The van der Waals surface area contributed by atoms with E-state index in [0.29, 0.717) is 0 Å². The second kappa shape index (κ2) is 7.50. The average molecular weight is 404 g/mol. The van der Waals surface area contributed by atoms with Gasteiger partial charge in [-0.3, -0.25) is 4.79 Å². The third-order valence-corrected chi connectivity index (χ3v) is 7.01. The van der Waals surface area contributed by atoms with Crippen LogP contribution in [0.25, 0.3) is 0 Å². The highest BCUT2D eigenvalue weighted by Gasteiger charge is 2.51. The van der Waals surface area contributed by atoms with E-state index in [4.69, 9.17) is 9.47 Å². The number of rotatable bonds is 5. The second-order valence-electron chi connectivity index (χ2n) is 8.84. The van der Waals surface area contributed by atoms with Crippen LogP contribution in [-0.4, -0.2) is 12.7 Å². The van der Waals surface area contributed by atoms with Gasteiger partial charge in [0.1, 0.15) is 0 Å². The lowest BCUT2D eigenvalue weighted by molar-refractivity contribution is -0.122. The van der Waals surface area contributed by atoms with E-state index >= 15 is 0 Å². The van der Waals surface area contributed by atoms with Crippen molar-refractivity contribution in [3.05, 3.63) is 70.0 Å². The highest BCUT2D eigenvalue weighted by atomic mass is 16.7. The Bertz CT molecular complexity index is 1020. The summed E-state index contributed by atoms with van der Waals surface area (Å²) in [6, 6.07) is 5.90. The minimum absolute atomic E-state index is 0.0963. The Morgan fingerprint density at radius 2 is 1.83 bits per heavy atom. The number of hydrogen-bond acceptors (Lipinski definition) is 3. The zero-order valence-corrected chi connectivity index (χ0v) is 17.8. The van der Waals surface area contributed by atoms with Crippen LogP contribution >= 0.6 is 0 Å². The van der Waals surface area contributed by atoms with Crippen molar-refractivity contribution in [2.45, 2.75) is 64.2 Å². The molecule has 1 N–H and O–H groups in total. The van der Waals surface area contributed by atoms with Gasteiger partial charge in [0.2, 0.25) is 12.7 Å². The largest absolute Gasteiger partial charge is 0.454 e. The predicted molar refractivity (Wildman–Crippen MR) is 117 cm³/mol. The summed E-state index contributed by atoms with van der Waals surface area (Å²) in [6.45, 7) is 4.61. The maximum Gasteiger partial charge on any atom is 0.235 e. The van der Waals surface area contributed by atoms with Gasteiger partial charge < -0.3 is 14.8 Å². The molecule has 5 rings (SSSR count). The first-order chi connectivity index (χ1) is 14.6. The molecule has 3 aliphatic carbocycles. The summed E-state index contributed by atoms with van der Waals surface area (Å²) in [5.41, 5.74) is 7.14. The summed E-state index contributed by atoms with van der Waals surface area (Å²) >= 11 is 0. The Hall–Kier alpha value is -2.75. The van der Waals surface area contributed by atoms with Crippen LogP contribution in [-0.2, 0) is 10.2 Å². The lowest BCUT2D eigenvalue weighted by Gasteiger charge is -2.24. The zero-order valence-electron chi connectivity index (χ0n) is 17.8. The van der Waals surface area contributed by atoms with Crippen molar-refractivity contribution >= 4 is 5.91 Å². The van der Waals surface area contributed by atoms with Gasteiger partial charge in [-0.05, 0) is 92.4 Å². The van der Waals surface area contributed by atoms with Gasteiger partial charge in [-0.1, -0.05) is 30.7 Å². The summed E-state index contributed by atoms with van der Waals surface area (Å²) in [4.78, 5) is 13.3. The molecule has 0 spiro atoms. The maximum absolute atomic E-state index is 13.3. The van der Waals surface area contributed by atoms with Crippen LogP contribution in [0, 0.1) is 0 Å². The number of carbonyl (C=O) groups is 1. The summed E-state index contributed by atoms with van der Waals surface area (Å²) in [5.74, 6) is 1.60. The molecular weight excluding hydrogens is 374 g/mol. The molecular formula is C26H29NO3. The summed E-state index contributed by atoms with van der Waals surface area (Å²) in [7, 11) is 0. The fourth-order valence-corrected chi connectivity index (χ4v) is 4.67. The monoisotopic (exact) mass is 403 g/mol. The van der Waals surface area contributed by atoms with Gasteiger partial charge in [0.05, 0.1) is 5.41 Å². The van der Waals surface area contributed by atoms with Crippen LogP contribution < -0.4 is 14.8 Å². The van der Waals surface area contributed by atoms with Crippen molar-refractivity contribution in [2.75, 3.05) is 6.79 Å². The topological polar surface area (TPSA) is 47.6 Å². The third-order valence-electron chi connectivity index (χ3n) is 7.01. The first-order valence-corrected chi connectivity index (χ1v) is 11.1. The van der Waals surface area contributed by atoms with Gasteiger partial charge in [-0.2, -0.15) is 0 Å². The fraction of sp³-hybridized carbons (Fsp3) is 0.423. The minimum atomic E-state index is -0.442. The molecule has 0 bridgehead atoms. The van der Waals surface area contributed by atoms with Crippen molar-refractivity contribution in [1.29, 1.82) is 0 Å². The Kier molecular flexibility index (Phi) is 4.80. The molecule has 1 aromatic carbocycles. The highest BCUT2D eigenvalue weighted by Crippen LogP contribution is 2.51. The van der Waals surface area contributed by atoms with E-state index in [2.05, 4.69) is 37.4 Å². The number of amides is 1. The number of carbonyl (C=O) groups excluding carboxylic acids is 1. The molecule has 0 unspecified atom stereocenters. The first-order valence-electron chi connectivity index (χ1n) is 11.1. The van der Waals surface area contributed by atoms with Crippen LogP contribution in [0.15, 0.2) is 64.4 Å². The molecule has 1 fully saturated rings. The van der Waals surface area contributed by atoms with Crippen molar-refractivity contribution in [3.8, 4) is 11.5 Å². The van der Waals surface area contributed by atoms with E-state index in [1.165, 1.54) is 22.3 Å². The van der Waals surface area contributed by atoms with E-state index in [1.54, 1.807) is 0 Å². The van der Waals surface area contributed by atoms with Gasteiger partial charge in [0.25, 0.3) is 0 Å². The van der Waals surface area contributed by atoms with Gasteiger partial charge in [0.15, 0.2) is 11.5 Å². The van der Waals surface area contributed by atoms with Gasteiger partial charge in [0, 0.05) is 5.70 Å². The molecule has 156 valence electrons. The third kappa shape index (κ3) is 3.38. The van der Waals surface area contributed by atoms with Crippen LogP contribution in [0.5, 0.6) is 11.5 Å². The molecule has 1 saturated carbocycles. The summed E-state index contributed by atoms with van der Waals surface area (Å²) in [6.07, 6.45) is 14.0. The van der Waals surface area contributed by atoms with Crippen molar-refractivity contribution in [3.63, 3.8) is 0 Å². The normalized spacial score (nSPS) is 21.6. The number of hydrogen-bond donors (Lipinski definition) is 1. The van der Waals surface area contributed by atoms with E-state index in [1.807, 2.05) is 18.2 Å². The molecule has 0 atom stereocenters. The first kappa shape index (κ1) is 19.2. The van der Waals surface area contributed by atoms with Crippen molar-refractivity contribution in [2.24, 2.45) is 0 Å². The molecule has 30 heavy (non-hydrogen) atoms. The number of fused-ring (bicyclic) bond motifs is 1. The van der Waals surface area contributed by atoms with Gasteiger partial charge in [-0.25, -0.2) is 0 Å². The molecule has 4 aliphatic rings. The van der Waals surface area contributed by atoms with Crippen LogP contribution in [0.3, 0.4) is 0 Å². The van der Waals surface area contributed by atoms with Gasteiger partial charge in [-0.15, -0.1) is 0 Å². The lowest BCUT2D eigenvalue weighted by Crippen LogP contribution is -2.34.